The quantitative estimate of drug-likeness (QED) is 0.821. The summed E-state index contributed by atoms with van der Waals surface area (Å²) >= 11 is 0. The van der Waals surface area contributed by atoms with Crippen molar-refractivity contribution >= 4 is 0 Å². The molecule has 1 aliphatic heterocycles. The van der Waals surface area contributed by atoms with Crippen molar-refractivity contribution in [1.29, 1.82) is 5.26 Å². The highest BCUT2D eigenvalue weighted by Gasteiger charge is 2.27. The van der Waals surface area contributed by atoms with Crippen LogP contribution in [0.25, 0.3) is 0 Å². The number of nitriles is 1. The second kappa shape index (κ2) is 4.67. The third-order valence-corrected chi connectivity index (χ3v) is 3.41. The molecule has 2 nitrogen and oxygen atoms in total. The smallest absolute Gasteiger partial charge is 0.0676 e. The highest BCUT2D eigenvalue weighted by Crippen LogP contribution is 2.28. The minimum atomic E-state index is 0.130. The minimum Gasteiger partial charge on any atom is -0.315 e. The number of hydrogen-bond acceptors (Lipinski definition) is 2. The first-order chi connectivity index (χ1) is 7.72. The summed E-state index contributed by atoms with van der Waals surface area (Å²) in [7, 11) is 0. The molecule has 1 aromatic carbocycles. The summed E-state index contributed by atoms with van der Waals surface area (Å²) in [5.41, 5.74) is 2.66. The molecule has 1 N–H and O–H groups in total. The van der Waals surface area contributed by atoms with Crippen LogP contribution in [-0.4, -0.2) is 13.1 Å². The van der Waals surface area contributed by atoms with Crippen LogP contribution in [0, 0.1) is 17.2 Å². The van der Waals surface area contributed by atoms with E-state index in [0.29, 0.717) is 11.8 Å². The SMILES string of the molecule is CC(C)c1ccc([C@H]2CNC[C@H]2C#N)cc1. The average Bonchev–Trinajstić information content (AvgIpc) is 2.77. The first kappa shape index (κ1) is 11.2. The molecule has 0 aliphatic carbocycles. The molecule has 2 heteroatoms. The minimum absolute atomic E-state index is 0.130. The molecule has 0 radical (unpaired) electrons. The van der Waals surface area contributed by atoms with Crippen molar-refractivity contribution in [3.05, 3.63) is 35.4 Å². The van der Waals surface area contributed by atoms with Crippen molar-refractivity contribution in [2.24, 2.45) is 5.92 Å². The van der Waals surface area contributed by atoms with Gasteiger partial charge in [-0.05, 0) is 17.0 Å². The summed E-state index contributed by atoms with van der Waals surface area (Å²) in [5.74, 6) is 1.07. The van der Waals surface area contributed by atoms with Gasteiger partial charge in [0.1, 0.15) is 0 Å². The Balaban J connectivity index is 2.19. The molecule has 1 fully saturated rings. The fourth-order valence-corrected chi connectivity index (χ4v) is 2.29. The van der Waals surface area contributed by atoms with E-state index in [1.807, 2.05) is 0 Å². The fourth-order valence-electron chi connectivity index (χ4n) is 2.29. The molecule has 0 spiro atoms. The van der Waals surface area contributed by atoms with E-state index in [1.165, 1.54) is 11.1 Å². The Morgan fingerprint density at radius 1 is 1.25 bits per heavy atom. The highest BCUT2D eigenvalue weighted by molar-refractivity contribution is 5.29. The van der Waals surface area contributed by atoms with Crippen molar-refractivity contribution < 1.29 is 0 Å². The molecule has 1 aliphatic rings. The van der Waals surface area contributed by atoms with E-state index in [-0.39, 0.29) is 5.92 Å². The monoisotopic (exact) mass is 214 g/mol. The number of nitrogens with one attached hydrogen (secondary N) is 1. The van der Waals surface area contributed by atoms with Gasteiger partial charge >= 0.3 is 0 Å². The van der Waals surface area contributed by atoms with Gasteiger partial charge in [0.25, 0.3) is 0 Å². The first-order valence-corrected chi connectivity index (χ1v) is 5.92. The number of nitrogens with zero attached hydrogens (tertiary/aromatic N) is 1. The van der Waals surface area contributed by atoms with Gasteiger partial charge in [-0.1, -0.05) is 38.1 Å². The number of benzene rings is 1. The van der Waals surface area contributed by atoms with Crippen LogP contribution in [0.1, 0.15) is 36.8 Å². The van der Waals surface area contributed by atoms with Crippen LogP contribution in [0.5, 0.6) is 0 Å². The van der Waals surface area contributed by atoms with Gasteiger partial charge in [-0.15, -0.1) is 0 Å². The van der Waals surface area contributed by atoms with E-state index in [2.05, 4.69) is 49.5 Å². The predicted molar refractivity (Wildman–Crippen MR) is 65.2 cm³/mol. The summed E-state index contributed by atoms with van der Waals surface area (Å²) in [6.45, 7) is 6.15. The van der Waals surface area contributed by atoms with Gasteiger partial charge in [-0.25, -0.2) is 0 Å². The third kappa shape index (κ3) is 2.10. The molecule has 1 saturated heterocycles. The summed E-state index contributed by atoms with van der Waals surface area (Å²) in [4.78, 5) is 0. The first-order valence-electron chi connectivity index (χ1n) is 5.92. The highest BCUT2D eigenvalue weighted by atomic mass is 14.9. The number of rotatable bonds is 2. The third-order valence-electron chi connectivity index (χ3n) is 3.41. The molecule has 0 bridgehead atoms. The second-order valence-corrected chi connectivity index (χ2v) is 4.82. The van der Waals surface area contributed by atoms with Crippen LogP contribution < -0.4 is 5.32 Å². The zero-order chi connectivity index (χ0) is 11.5. The summed E-state index contributed by atoms with van der Waals surface area (Å²) in [5, 5.41) is 12.3. The van der Waals surface area contributed by atoms with E-state index in [1.54, 1.807) is 0 Å². The lowest BCUT2D eigenvalue weighted by Gasteiger charge is -2.14. The van der Waals surface area contributed by atoms with Crippen LogP contribution in [-0.2, 0) is 0 Å². The van der Waals surface area contributed by atoms with Crippen molar-refractivity contribution in [3.63, 3.8) is 0 Å². The largest absolute Gasteiger partial charge is 0.315 e. The standard InChI is InChI=1S/C14H18N2/c1-10(2)11-3-5-12(6-4-11)14-9-16-8-13(14)7-15/h3-6,10,13-14,16H,8-9H2,1-2H3/t13-,14-/m1/s1. The normalized spacial score (nSPS) is 24.6. The molecule has 0 unspecified atom stereocenters. The molecule has 0 aromatic heterocycles. The molecular formula is C14H18N2. The lowest BCUT2D eigenvalue weighted by atomic mass is 9.88. The van der Waals surface area contributed by atoms with E-state index < -0.39 is 0 Å². The van der Waals surface area contributed by atoms with Crippen molar-refractivity contribution in [3.8, 4) is 6.07 Å². The maximum atomic E-state index is 9.05. The zero-order valence-electron chi connectivity index (χ0n) is 9.90. The van der Waals surface area contributed by atoms with Gasteiger partial charge in [-0.3, -0.25) is 0 Å². The Labute approximate surface area is 97.3 Å². The molecule has 0 saturated carbocycles. The van der Waals surface area contributed by atoms with Gasteiger partial charge in [-0.2, -0.15) is 5.26 Å². The van der Waals surface area contributed by atoms with Crippen LogP contribution in [0.4, 0.5) is 0 Å². The van der Waals surface area contributed by atoms with Crippen molar-refractivity contribution in [2.75, 3.05) is 13.1 Å². The Morgan fingerprint density at radius 3 is 2.50 bits per heavy atom. The molecule has 2 atom stereocenters. The Morgan fingerprint density at radius 2 is 1.94 bits per heavy atom. The molecule has 0 amide bonds. The Bertz CT molecular complexity index is 386. The molecule has 84 valence electrons. The lowest BCUT2D eigenvalue weighted by Crippen LogP contribution is -2.08. The van der Waals surface area contributed by atoms with Crippen LogP contribution >= 0.6 is 0 Å². The van der Waals surface area contributed by atoms with Crippen LogP contribution in [0.2, 0.25) is 0 Å². The Kier molecular flexibility index (Phi) is 3.26. The maximum absolute atomic E-state index is 9.05. The molecule has 1 heterocycles. The van der Waals surface area contributed by atoms with Gasteiger partial charge in [0, 0.05) is 19.0 Å². The fraction of sp³-hybridized carbons (Fsp3) is 0.500. The molecule has 2 rings (SSSR count). The predicted octanol–water partition coefficient (Wildman–Crippen LogP) is 2.64. The van der Waals surface area contributed by atoms with Crippen molar-refractivity contribution in [1.82, 2.24) is 5.32 Å². The maximum Gasteiger partial charge on any atom is 0.0676 e. The summed E-state index contributed by atoms with van der Waals surface area (Å²) in [6.07, 6.45) is 0. The van der Waals surface area contributed by atoms with Crippen molar-refractivity contribution in [2.45, 2.75) is 25.7 Å². The van der Waals surface area contributed by atoms with Gasteiger partial charge in [0.05, 0.1) is 12.0 Å². The van der Waals surface area contributed by atoms with E-state index >= 15 is 0 Å². The lowest BCUT2D eigenvalue weighted by molar-refractivity contribution is 0.646. The van der Waals surface area contributed by atoms with Gasteiger partial charge in [0.15, 0.2) is 0 Å². The Hall–Kier alpha value is -1.33. The van der Waals surface area contributed by atoms with Crippen LogP contribution in [0.15, 0.2) is 24.3 Å². The molecule has 16 heavy (non-hydrogen) atoms. The van der Waals surface area contributed by atoms with Gasteiger partial charge < -0.3 is 5.32 Å². The number of hydrogen-bond donors (Lipinski definition) is 1. The van der Waals surface area contributed by atoms with Crippen LogP contribution in [0.3, 0.4) is 0 Å². The molecular weight excluding hydrogens is 196 g/mol. The zero-order valence-corrected chi connectivity index (χ0v) is 9.90. The van der Waals surface area contributed by atoms with E-state index in [4.69, 9.17) is 5.26 Å². The summed E-state index contributed by atoms with van der Waals surface area (Å²) < 4.78 is 0. The van der Waals surface area contributed by atoms with E-state index in [0.717, 1.165) is 13.1 Å². The van der Waals surface area contributed by atoms with Gasteiger partial charge in [0.2, 0.25) is 0 Å². The topological polar surface area (TPSA) is 35.8 Å². The summed E-state index contributed by atoms with van der Waals surface area (Å²) in [6, 6.07) is 11.1. The molecule has 1 aromatic rings. The average molecular weight is 214 g/mol. The van der Waals surface area contributed by atoms with E-state index in [9.17, 15) is 0 Å². The second-order valence-electron chi connectivity index (χ2n) is 4.82.